The molecule has 7 N–H and O–H groups in total. The van der Waals surface area contributed by atoms with Gasteiger partial charge in [-0.25, -0.2) is 9.59 Å². The molecule has 0 amide bonds. The molecule has 11 aromatic rings. The van der Waals surface area contributed by atoms with E-state index in [1.807, 2.05) is 0 Å². The lowest BCUT2D eigenvalue weighted by Crippen LogP contribution is -2.32. The number of anilines is 1. The van der Waals surface area contributed by atoms with E-state index >= 15 is 0 Å². The van der Waals surface area contributed by atoms with Crippen LogP contribution in [-0.2, 0) is 13.5 Å². The lowest BCUT2D eigenvalue weighted by Gasteiger charge is -2.21. The van der Waals surface area contributed by atoms with Crippen LogP contribution in [-0.4, -0.2) is 66.3 Å². The number of fused-ring (bicyclic) bond motifs is 4. The molecular formula is C64H53N3O12. The highest BCUT2D eigenvalue weighted by Crippen LogP contribution is 2.39. The zero-order valence-electron chi connectivity index (χ0n) is 43.5. The van der Waals surface area contributed by atoms with E-state index in [2.05, 4.69) is 128 Å². The lowest BCUT2D eigenvalue weighted by molar-refractivity contribution is -0.646. The number of nitrogens with zero attached hydrogens (tertiary/aromatic N) is 3. The number of aromatic carboxylic acids is 2. The van der Waals surface area contributed by atoms with Crippen LogP contribution in [0.2, 0.25) is 0 Å². The number of pyridine rings is 1. The van der Waals surface area contributed by atoms with Crippen LogP contribution >= 0.6 is 0 Å². The van der Waals surface area contributed by atoms with Gasteiger partial charge < -0.3 is 54.7 Å². The van der Waals surface area contributed by atoms with E-state index in [1.165, 1.54) is 87.4 Å². The van der Waals surface area contributed by atoms with Gasteiger partial charge in [0.1, 0.15) is 29.7 Å². The quantitative estimate of drug-likeness (QED) is 0.0526. The minimum Gasteiger partial charge on any atom is -0.872 e. The first-order valence-corrected chi connectivity index (χ1v) is 24.8. The smallest absolute Gasteiger partial charge is 0.339 e. The fraction of sp³-hybridized carbons (Fsp3) is 0.0938. The first-order valence-electron chi connectivity index (χ1n) is 24.8. The molecule has 0 saturated heterocycles. The molecule has 0 saturated carbocycles. The Labute approximate surface area is 452 Å². The number of hydrogen-bond donors (Lipinski definition) is 7. The summed E-state index contributed by atoms with van der Waals surface area (Å²) in [6, 6.07) is 47.9. The molecule has 0 spiro atoms. The first kappa shape index (κ1) is 53.3. The van der Waals surface area contributed by atoms with Crippen LogP contribution in [0.5, 0.6) is 34.5 Å². The second-order valence-electron chi connectivity index (χ2n) is 19.0. The van der Waals surface area contributed by atoms with Gasteiger partial charge in [-0.15, -0.1) is 0 Å². The van der Waals surface area contributed by atoms with Gasteiger partial charge in [-0.3, -0.25) is 4.79 Å². The summed E-state index contributed by atoms with van der Waals surface area (Å²) in [6.07, 6.45) is 4.32. The standard InChI is InChI=1S/C26H28N3.C23H16O6.C15H10O6/c1-19-17-21(20(2)29(19)24-9-7-6-8-10-24)11-13-23-14-12-22-18-25(27(3)4)15-16-26(22)28(23)5;24-20-16(14-7-3-1-5-12(14)9-18(20)22(26)27)11-17-15-8-4-2-6-13(15)10-19(21(17)25)23(28)29;16-8-2-3-9-12(6-8)21-15(14(20)13(9)19)7-1-4-10(17)11(18)5-7/h6-18H,1-5H3;1-10,24-25H,11H2,(H,26,27)(H,28,29);1-6,16-18,20H/q+1;;/p-1. The van der Waals surface area contributed by atoms with E-state index in [9.17, 15) is 55.2 Å². The van der Waals surface area contributed by atoms with Gasteiger partial charge in [0, 0.05) is 84.1 Å². The van der Waals surface area contributed by atoms with Gasteiger partial charge in [-0.1, -0.05) is 72.5 Å². The number of aromatic nitrogens is 2. The Morgan fingerprint density at radius 3 is 1.94 bits per heavy atom. The van der Waals surface area contributed by atoms with Crippen molar-refractivity contribution in [2.24, 2.45) is 7.05 Å². The highest BCUT2D eigenvalue weighted by molar-refractivity contribution is 6.02. The minimum absolute atomic E-state index is 0.0872. The monoisotopic (exact) mass is 1060 g/mol. The molecule has 15 heteroatoms. The molecule has 0 bridgehead atoms. The summed E-state index contributed by atoms with van der Waals surface area (Å²) in [5.74, 6) is -5.32. The van der Waals surface area contributed by atoms with E-state index in [0.717, 1.165) is 6.07 Å². The summed E-state index contributed by atoms with van der Waals surface area (Å²) in [5, 5.41) is 84.4. The number of hydrogen-bond acceptors (Lipinski definition) is 11. The molecule has 0 radical (unpaired) electrons. The van der Waals surface area contributed by atoms with Gasteiger partial charge in [0.15, 0.2) is 17.3 Å². The minimum atomic E-state index is -1.34. The van der Waals surface area contributed by atoms with E-state index < -0.39 is 40.4 Å². The van der Waals surface area contributed by atoms with Crippen molar-refractivity contribution >= 4 is 73.2 Å². The van der Waals surface area contributed by atoms with Gasteiger partial charge in [0.2, 0.25) is 22.4 Å². The molecule has 15 nitrogen and oxygen atoms in total. The van der Waals surface area contributed by atoms with Crippen LogP contribution in [0, 0.1) is 13.8 Å². The predicted molar refractivity (Wildman–Crippen MR) is 304 cm³/mol. The highest BCUT2D eigenvalue weighted by Gasteiger charge is 2.21. The Morgan fingerprint density at radius 2 is 1.28 bits per heavy atom. The molecule has 79 heavy (non-hydrogen) atoms. The second kappa shape index (κ2) is 22.0. The van der Waals surface area contributed by atoms with Crippen LogP contribution in [0.4, 0.5) is 5.69 Å². The van der Waals surface area contributed by atoms with Crippen LogP contribution in [0.15, 0.2) is 173 Å². The van der Waals surface area contributed by atoms with Crippen molar-refractivity contribution in [1.82, 2.24) is 4.57 Å². The molecule has 0 fully saturated rings. The number of aryl methyl sites for hydroxylation is 2. The molecule has 0 aliphatic carbocycles. The third-order valence-electron chi connectivity index (χ3n) is 13.8. The Bertz CT molecular complexity index is 4190. The van der Waals surface area contributed by atoms with Crippen molar-refractivity contribution in [1.29, 1.82) is 0 Å². The summed E-state index contributed by atoms with van der Waals surface area (Å²) in [7, 11) is 6.28. The SMILES string of the molecule is Cc1cc(C=Cc2ccc3cc(N(C)C)ccc3[n+]2C)c(C)n1-c1ccccc1.O=C(O)c1cc2ccccc2c(Cc2c(O)c(C(=O)O)cc3ccccc23)c1[O-].O=c1c(O)c(-c2ccc(O)c(O)c2)oc2cc(O)ccc12. The Balaban J connectivity index is 0.000000146. The summed E-state index contributed by atoms with van der Waals surface area (Å²) >= 11 is 0. The molecular weight excluding hydrogens is 1000 g/mol. The number of benzene rings is 8. The second-order valence-corrected chi connectivity index (χ2v) is 19.0. The zero-order valence-corrected chi connectivity index (χ0v) is 43.5. The third kappa shape index (κ3) is 10.7. The van der Waals surface area contributed by atoms with Crippen LogP contribution < -0.4 is 20.0 Å². The van der Waals surface area contributed by atoms with Crippen LogP contribution in [0.25, 0.3) is 72.6 Å². The molecule has 0 unspecified atom stereocenters. The van der Waals surface area contributed by atoms with Crippen molar-refractivity contribution in [2.75, 3.05) is 19.0 Å². The highest BCUT2D eigenvalue weighted by atomic mass is 16.4. The average Bonchev–Trinajstić information content (AvgIpc) is 3.89. The molecule has 0 aliphatic rings. The van der Waals surface area contributed by atoms with Crippen LogP contribution in [0.1, 0.15) is 54.5 Å². The van der Waals surface area contributed by atoms with Gasteiger partial charge in [0.05, 0.1) is 10.9 Å². The molecule has 11 rings (SSSR count). The number of carboxylic acids is 2. The molecule has 3 aromatic heterocycles. The van der Waals surface area contributed by atoms with E-state index in [1.54, 1.807) is 48.5 Å². The number of phenolic OH excluding ortho intramolecular Hbond substituents is 3. The maximum absolute atomic E-state index is 12.9. The first-order chi connectivity index (χ1) is 37.8. The number of para-hydroxylation sites is 1. The maximum Gasteiger partial charge on any atom is 0.339 e. The lowest BCUT2D eigenvalue weighted by atomic mass is 9.90. The Hall–Kier alpha value is -10.5. The summed E-state index contributed by atoms with van der Waals surface area (Å²) < 4.78 is 9.99. The molecule has 3 heterocycles. The fourth-order valence-corrected chi connectivity index (χ4v) is 9.66. The topological polar surface area (TPSA) is 241 Å². The van der Waals surface area contributed by atoms with Gasteiger partial charge >= 0.3 is 11.9 Å². The fourth-order valence-electron chi connectivity index (χ4n) is 9.66. The number of carboxylic acid groups (broad SMARTS) is 2. The van der Waals surface area contributed by atoms with Gasteiger partial charge in [0.25, 0.3) is 0 Å². The van der Waals surface area contributed by atoms with Crippen molar-refractivity contribution in [2.45, 2.75) is 20.3 Å². The number of phenols is 4. The largest absolute Gasteiger partial charge is 0.872 e. The summed E-state index contributed by atoms with van der Waals surface area (Å²) in [5.41, 5.74) is 8.06. The number of carbonyl (C=O) groups is 2. The van der Waals surface area contributed by atoms with Crippen molar-refractivity contribution < 1.29 is 59.4 Å². The van der Waals surface area contributed by atoms with Crippen molar-refractivity contribution in [3.8, 4) is 51.5 Å². The average molecular weight is 1060 g/mol. The predicted octanol–water partition coefficient (Wildman–Crippen LogP) is 11.4. The Morgan fingerprint density at radius 1 is 0.633 bits per heavy atom. The normalized spacial score (nSPS) is 11.2. The molecule has 0 atom stereocenters. The van der Waals surface area contributed by atoms with Gasteiger partial charge in [-0.2, -0.15) is 4.57 Å². The van der Waals surface area contributed by atoms with E-state index in [0.29, 0.717) is 21.5 Å². The Kier molecular flexibility index (Phi) is 14.8. The molecule has 396 valence electrons. The summed E-state index contributed by atoms with van der Waals surface area (Å²) in [4.78, 5) is 37.4. The maximum atomic E-state index is 12.9. The van der Waals surface area contributed by atoms with E-state index in [4.69, 9.17) is 4.42 Å². The van der Waals surface area contributed by atoms with Crippen molar-refractivity contribution in [3.63, 3.8) is 0 Å². The zero-order chi connectivity index (χ0) is 56.4. The number of aromatic hydroxyl groups is 5. The summed E-state index contributed by atoms with van der Waals surface area (Å²) in [6.45, 7) is 4.35. The molecule has 0 aliphatic heterocycles. The molecule has 8 aromatic carbocycles. The van der Waals surface area contributed by atoms with E-state index in [-0.39, 0.29) is 62.5 Å². The van der Waals surface area contributed by atoms with Crippen LogP contribution in [0.3, 0.4) is 0 Å². The third-order valence-corrected chi connectivity index (χ3v) is 13.8. The van der Waals surface area contributed by atoms with Crippen molar-refractivity contribution in [3.05, 3.63) is 219 Å². The number of rotatable bonds is 9. The van der Waals surface area contributed by atoms with Gasteiger partial charge in [-0.05, 0) is 131 Å².